The first kappa shape index (κ1) is 18.8. The molecule has 0 unspecified atom stereocenters. The second-order valence-electron chi connectivity index (χ2n) is 8.07. The van der Waals surface area contributed by atoms with E-state index in [4.69, 9.17) is 18.9 Å². The van der Waals surface area contributed by atoms with Crippen molar-refractivity contribution in [2.45, 2.75) is 37.9 Å². The van der Waals surface area contributed by atoms with E-state index < -0.39 is 5.60 Å². The van der Waals surface area contributed by atoms with Crippen LogP contribution in [0.15, 0.2) is 30.3 Å². The topological polar surface area (TPSA) is 91.3 Å². The standard InChI is InChI=1S/C23H22O7/c1-27-20-18(24)8-7-15(14-3-2-4-16-17(14)11-28-22(16)26)19(20)29-12-23(9-10-23)30-21(25)13-5-6-13/h2-4,7-8,13,24H,5-6,9-12H2,1H3. The summed E-state index contributed by atoms with van der Waals surface area (Å²) in [6, 6.07) is 8.63. The zero-order valence-electron chi connectivity index (χ0n) is 16.6. The number of carbonyl (C=O) groups is 2. The molecule has 2 aromatic carbocycles. The largest absolute Gasteiger partial charge is 0.504 e. The minimum absolute atomic E-state index is 0.0257. The third-order valence-electron chi connectivity index (χ3n) is 5.84. The predicted molar refractivity (Wildman–Crippen MR) is 105 cm³/mol. The van der Waals surface area contributed by atoms with Gasteiger partial charge in [0, 0.05) is 11.1 Å². The van der Waals surface area contributed by atoms with Crippen LogP contribution in [-0.2, 0) is 20.9 Å². The average Bonchev–Trinajstić information content (AvgIpc) is 3.66. The van der Waals surface area contributed by atoms with Crippen LogP contribution in [0.5, 0.6) is 17.2 Å². The van der Waals surface area contributed by atoms with E-state index in [0.717, 1.165) is 36.8 Å². The molecule has 0 atom stereocenters. The zero-order valence-corrected chi connectivity index (χ0v) is 16.6. The molecule has 0 spiro atoms. The van der Waals surface area contributed by atoms with Gasteiger partial charge in [-0.15, -0.1) is 0 Å². The van der Waals surface area contributed by atoms with Gasteiger partial charge >= 0.3 is 11.9 Å². The summed E-state index contributed by atoms with van der Waals surface area (Å²) in [5.74, 6) is -0.00728. The molecule has 1 heterocycles. The maximum atomic E-state index is 12.1. The summed E-state index contributed by atoms with van der Waals surface area (Å²) in [5.41, 5.74) is 2.10. The van der Waals surface area contributed by atoms with Gasteiger partial charge in [-0.3, -0.25) is 4.79 Å². The van der Waals surface area contributed by atoms with E-state index in [-0.39, 0.29) is 42.6 Å². The smallest absolute Gasteiger partial charge is 0.338 e. The van der Waals surface area contributed by atoms with Gasteiger partial charge in [-0.2, -0.15) is 0 Å². The molecule has 1 aliphatic heterocycles. The summed E-state index contributed by atoms with van der Waals surface area (Å²) < 4.78 is 22.4. The van der Waals surface area contributed by atoms with Gasteiger partial charge in [0.1, 0.15) is 18.8 Å². The molecule has 7 nitrogen and oxygen atoms in total. The van der Waals surface area contributed by atoms with Crippen LogP contribution in [0.3, 0.4) is 0 Å². The Labute approximate surface area is 173 Å². The number of esters is 2. The van der Waals surface area contributed by atoms with Crippen molar-refractivity contribution in [2.24, 2.45) is 5.92 Å². The van der Waals surface area contributed by atoms with Crippen molar-refractivity contribution >= 4 is 11.9 Å². The molecule has 2 fully saturated rings. The van der Waals surface area contributed by atoms with E-state index in [1.807, 2.05) is 6.07 Å². The number of hydrogen-bond acceptors (Lipinski definition) is 7. The van der Waals surface area contributed by atoms with Crippen molar-refractivity contribution in [2.75, 3.05) is 13.7 Å². The van der Waals surface area contributed by atoms with E-state index in [1.165, 1.54) is 13.2 Å². The minimum atomic E-state index is -0.620. The molecule has 156 valence electrons. The van der Waals surface area contributed by atoms with Gasteiger partial charge in [0.05, 0.1) is 18.6 Å². The Hall–Kier alpha value is -3.22. The Morgan fingerprint density at radius 2 is 1.90 bits per heavy atom. The van der Waals surface area contributed by atoms with Crippen LogP contribution < -0.4 is 9.47 Å². The third-order valence-corrected chi connectivity index (χ3v) is 5.84. The summed E-state index contributed by atoms with van der Waals surface area (Å²) in [5, 5.41) is 10.3. The number of benzene rings is 2. The molecule has 0 saturated heterocycles. The van der Waals surface area contributed by atoms with Gasteiger partial charge in [0.2, 0.25) is 5.75 Å². The molecule has 30 heavy (non-hydrogen) atoms. The Kier molecular flexibility index (Phi) is 4.34. The molecule has 3 aliphatic rings. The first-order chi connectivity index (χ1) is 14.5. The highest BCUT2D eigenvalue weighted by Gasteiger charge is 2.50. The van der Waals surface area contributed by atoms with Gasteiger partial charge in [-0.25, -0.2) is 4.79 Å². The molecule has 0 aromatic heterocycles. The fourth-order valence-electron chi connectivity index (χ4n) is 3.74. The number of phenolic OH excluding ortho intramolecular Hbond substituents is 1. The highest BCUT2D eigenvalue weighted by molar-refractivity contribution is 5.96. The number of phenols is 1. The van der Waals surface area contributed by atoms with Crippen molar-refractivity contribution in [3.63, 3.8) is 0 Å². The van der Waals surface area contributed by atoms with E-state index in [2.05, 4.69) is 0 Å². The Bertz CT molecular complexity index is 1030. The number of cyclic esters (lactones) is 1. The molecule has 7 heteroatoms. The molecule has 0 bridgehead atoms. The molecule has 2 aliphatic carbocycles. The first-order valence-corrected chi connectivity index (χ1v) is 10.1. The van der Waals surface area contributed by atoms with Crippen LogP contribution in [0.1, 0.15) is 41.6 Å². The van der Waals surface area contributed by atoms with Crippen molar-refractivity contribution < 1.29 is 33.6 Å². The summed E-state index contributed by atoms with van der Waals surface area (Å²) in [6.45, 7) is 0.346. The molecule has 5 rings (SSSR count). The number of aromatic hydroxyl groups is 1. The van der Waals surface area contributed by atoms with E-state index >= 15 is 0 Å². The summed E-state index contributed by atoms with van der Waals surface area (Å²) in [6.07, 6.45) is 3.26. The molecular weight excluding hydrogens is 388 g/mol. The maximum absolute atomic E-state index is 12.1. The average molecular weight is 410 g/mol. The fraction of sp³-hybridized carbons (Fsp3) is 0.391. The van der Waals surface area contributed by atoms with Crippen molar-refractivity contribution in [3.8, 4) is 28.4 Å². The summed E-state index contributed by atoms with van der Waals surface area (Å²) >= 11 is 0. The first-order valence-electron chi connectivity index (χ1n) is 10.1. The fourth-order valence-corrected chi connectivity index (χ4v) is 3.74. The molecule has 0 amide bonds. The van der Waals surface area contributed by atoms with Gasteiger partial charge in [-0.05, 0) is 49.4 Å². The zero-order chi connectivity index (χ0) is 20.9. The van der Waals surface area contributed by atoms with Crippen molar-refractivity contribution in [3.05, 3.63) is 41.5 Å². The van der Waals surface area contributed by atoms with E-state index in [9.17, 15) is 14.7 Å². The van der Waals surface area contributed by atoms with Gasteiger partial charge in [0.25, 0.3) is 0 Å². The highest BCUT2D eigenvalue weighted by atomic mass is 16.6. The number of hydrogen-bond donors (Lipinski definition) is 1. The van der Waals surface area contributed by atoms with Gasteiger partial charge in [0.15, 0.2) is 11.5 Å². The van der Waals surface area contributed by atoms with Crippen LogP contribution in [0.4, 0.5) is 0 Å². The van der Waals surface area contributed by atoms with Gasteiger partial charge in [-0.1, -0.05) is 12.1 Å². The lowest BCUT2D eigenvalue weighted by Gasteiger charge is -2.21. The van der Waals surface area contributed by atoms with Crippen LogP contribution in [0, 0.1) is 5.92 Å². The normalized spacial score (nSPS) is 18.4. The number of fused-ring (bicyclic) bond motifs is 1. The number of methoxy groups -OCH3 is 1. The second kappa shape index (κ2) is 6.93. The number of carbonyl (C=O) groups excluding carboxylic acids is 2. The Morgan fingerprint density at radius 1 is 1.13 bits per heavy atom. The lowest BCUT2D eigenvalue weighted by molar-refractivity contribution is -0.154. The number of ether oxygens (including phenoxy) is 4. The van der Waals surface area contributed by atoms with Crippen LogP contribution in [0.2, 0.25) is 0 Å². The van der Waals surface area contributed by atoms with Gasteiger partial charge < -0.3 is 24.1 Å². The quantitative estimate of drug-likeness (QED) is 0.697. The lowest BCUT2D eigenvalue weighted by atomic mass is 9.95. The predicted octanol–water partition coefficient (Wildman–Crippen LogP) is 3.60. The molecular formula is C23H22O7. The Morgan fingerprint density at radius 3 is 2.60 bits per heavy atom. The van der Waals surface area contributed by atoms with Crippen LogP contribution in [0.25, 0.3) is 11.1 Å². The maximum Gasteiger partial charge on any atom is 0.338 e. The third kappa shape index (κ3) is 3.24. The van der Waals surface area contributed by atoms with E-state index in [0.29, 0.717) is 16.9 Å². The van der Waals surface area contributed by atoms with Crippen LogP contribution in [-0.4, -0.2) is 36.4 Å². The molecule has 1 N–H and O–H groups in total. The second-order valence-corrected chi connectivity index (χ2v) is 8.07. The highest BCUT2D eigenvalue weighted by Crippen LogP contribution is 2.48. The molecule has 0 radical (unpaired) electrons. The summed E-state index contributed by atoms with van der Waals surface area (Å²) in [4.78, 5) is 24.1. The minimum Gasteiger partial charge on any atom is -0.504 e. The monoisotopic (exact) mass is 410 g/mol. The lowest BCUT2D eigenvalue weighted by Crippen LogP contribution is -2.27. The summed E-state index contributed by atoms with van der Waals surface area (Å²) in [7, 11) is 1.45. The molecule has 2 aromatic rings. The van der Waals surface area contributed by atoms with Crippen LogP contribution >= 0.6 is 0 Å². The SMILES string of the molecule is COc1c(O)ccc(-c2cccc3c2COC3=O)c1OCC1(OC(=O)C2CC2)CC1. The van der Waals surface area contributed by atoms with Crippen molar-refractivity contribution in [1.29, 1.82) is 0 Å². The number of rotatable bonds is 7. The molecule has 2 saturated carbocycles. The Balaban J connectivity index is 1.48. The van der Waals surface area contributed by atoms with Crippen molar-refractivity contribution in [1.82, 2.24) is 0 Å². The van der Waals surface area contributed by atoms with E-state index in [1.54, 1.807) is 18.2 Å².